The lowest BCUT2D eigenvalue weighted by atomic mass is 9.92. The number of pyridine rings is 1. The number of hydrogen-bond acceptors (Lipinski definition) is 2. The summed E-state index contributed by atoms with van der Waals surface area (Å²) in [5.41, 5.74) is 3.97. The molecule has 0 atom stereocenters. The van der Waals surface area contributed by atoms with Gasteiger partial charge in [-0.3, -0.25) is 0 Å². The largest absolute Gasteiger partial charge is 0.384 e. The zero-order valence-corrected chi connectivity index (χ0v) is 10.6. The number of aromatic nitrogens is 1. The summed E-state index contributed by atoms with van der Waals surface area (Å²) in [5.74, 6) is -0.222. The topological polar surface area (TPSA) is 24.9 Å². The number of nitrogens with one attached hydrogen (secondary N) is 1. The second-order valence-corrected chi connectivity index (χ2v) is 4.79. The average Bonchev–Trinajstić information content (AvgIpc) is 2.40. The zero-order valence-electron chi connectivity index (χ0n) is 10.6. The molecule has 18 heavy (non-hydrogen) atoms. The molecule has 1 aromatic heterocycles. The predicted octanol–water partition coefficient (Wildman–Crippen LogP) is 3.68. The van der Waals surface area contributed by atoms with Crippen LogP contribution in [0.2, 0.25) is 0 Å². The first-order valence-electron chi connectivity index (χ1n) is 6.65. The van der Waals surface area contributed by atoms with Gasteiger partial charge in [0.15, 0.2) is 0 Å². The van der Waals surface area contributed by atoms with Gasteiger partial charge in [0.05, 0.1) is 0 Å². The van der Waals surface area contributed by atoms with Gasteiger partial charge in [0.25, 0.3) is 0 Å². The van der Waals surface area contributed by atoms with E-state index in [1.807, 2.05) is 6.07 Å². The van der Waals surface area contributed by atoms with E-state index in [0.717, 1.165) is 42.6 Å². The molecule has 1 aromatic carbocycles. The molecule has 3 heteroatoms. The molecule has 2 aromatic rings. The Balaban J connectivity index is 2.33. The molecule has 0 saturated heterocycles. The highest BCUT2D eigenvalue weighted by atomic mass is 19.1. The first kappa shape index (κ1) is 11.5. The van der Waals surface area contributed by atoms with Gasteiger partial charge in [0.1, 0.15) is 11.3 Å². The number of rotatable bonds is 2. The minimum absolute atomic E-state index is 0.222. The van der Waals surface area contributed by atoms with E-state index >= 15 is 0 Å². The molecule has 0 saturated carbocycles. The highest BCUT2D eigenvalue weighted by Gasteiger charge is 2.18. The van der Waals surface area contributed by atoms with Crippen molar-refractivity contribution in [3.05, 3.63) is 35.3 Å². The van der Waals surface area contributed by atoms with Gasteiger partial charge in [-0.05, 0) is 44.2 Å². The molecule has 1 aliphatic rings. The van der Waals surface area contributed by atoms with Crippen molar-refractivity contribution in [3.8, 4) is 0 Å². The van der Waals surface area contributed by atoms with E-state index in [1.165, 1.54) is 18.1 Å². The Hall–Kier alpha value is -1.64. The molecule has 0 amide bonds. The van der Waals surface area contributed by atoms with E-state index in [-0.39, 0.29) is 5.82 Å². The van der Waals surface area contributed by atoms with Crippen LogP contribution in [-0.2, 0) is 12.8 Å². The van der Waals surface area contributed by atoms with Gasteiger partial charge in [-0.1, -0.05) is 12.1 Å². The summed E-state index contributed by atoms with van der Waals surface area (Å²) >= 11 is 0. The molecule has 0 aliphatic heterocycles. The fraction of sp³-hybridized carbons (Fsp3) is 0.400. The van der Waals surface area contributed by atoms with Crippen molar-refractivity contribution in [1.82, 2.24) is 4.98 Å². The Morgan fingerprint density at radius 3 is 2.94 bits per heavy atom. The summed E-state index contributed by atoms with van der Waals surface area (Å²) in [6.07, 6.45) is 4.38. The van der Waals surface area contributed by atoms with Crippen LogP contribution in [0.25, 0.3) is 10.9 Å². The van der Waals surface area contributed by atoms with Gasteiger partial charge in [0, 0.05) is 23.3 Å². The molecule has 1 heterocycles. The molecule has 0 spiro atoms. The monoisotopic (exact) mass is 244 g/mol. The Morgan fingerprint density at radius 1 is 1.28 bits per heavy atom. The summed E-state index contributed by atoms with van der Waals surface area (Å²) in [6, 6.07) is 5.20. The molecule has 1 aliphatic carbocycles. The smallest absolute Gasteiger partial charge is 0.149 e. The van der Waals surface area contributed by atoms with E-state index in [2.05, 4.69) is 17.2 Å². The lowest BCUT2D eigenvalue weighted by Crippen LogP contribution is -2.11. The van der Waals surface area contributed by atoms with Crippen LogP contribution in [0.4, 0.5) is 10.1 Å². The first-order valence-corrected chi connectivity index (χ1v) is 6.65. The maximum atomic E-state index is 13.9. The zero-order chi connectivity index (χ0) is 12.5. The van der Waals surface area contributed by atoms with Gasteiger partial charge in [-0.25, -0.2) is 9.37 Å². The minimum atomic E-state index is -0.222. The number of anilines is 1. The quantitative estimate of drug-likeness (QED) is 0.871. The van der Waals surface area contributed by atoms with Crippen molar-refractivity contribution < 1.29 is 4.39 Å². The maximum absolute atomic E-state index is 13.9. The molecule has 0 radical (unpaired) electrons. The Bertz CT molecular complexity index is 593. The number of fused-ring (bicyclic) bond motifs is 2. The summed E-state index contributed by atoms with van der Waals surface area (Å²) in [5, 5.41) is 4.31. The lowest BCUT2D eigenvalue weighted by molar-refractivity contribution is 0.632. The van der Waals surface area contributed by atoms with E-state index in [9.17, 15) is 4.39 Å². The summed E-state index contributed by atoms with van der Waals surface area (Å²) in [6.45, 7) is 2.92. The third-order valence-corrected chi connectivity index (χ3v) is 3.60. The Morgan fingerprint density at radius 2 is 2.11 bits per heavy atom. The second-order valence-electron chi connectivity index (χ2n) is 4.79. The Labute approximate surface area is 106 Å². The number of hydrogen-bond donors (Lipinski definition) is 1. The molecule has 1 N–H and O–H groups in total. The van der Waals surface area contributed by atoms with Crippen molar-refractivity contribution in [1.29, 1.82) is 0 Å². The predicted molar refractivity (Wildman–Crippen MR) is 72.5 cm³/mol. The summed E-state index contributed by atoms with van der Waals surface area (Å²) in [7, 11) is 0. The third-order valence-electron chi connectivity index (χ3n) is 3.60. The van der Waals surface area contributed by atoms with Crippen LogP contribution < -0.4 is 5.32 Å². The van der Waals surface area contributed by atoms with Crippen molar-refractivity contribution in [2.75, 3.05) is 11.9 Å². The van der Waals surface area contributed by atoms with E-state index in [0.29, 0.717) is 5.52 Å². The summed E-state index contributed by atoms with van der Waals surface area (Å²) < 4.78 is 13.9. The van der Waals surface area contributed by atoms with Crippen LogP contribution in [0.15, 0.2) is 18.2 Å². The molecule has 3 rings (SSSR count). The molecule has 0 bridgehead atoms. The van der Waals surface area contributed by atoms with Crippen LogP contribution >= 0.6 is 0 Å². The fourth-order valence-electron chi connectivity index (χ4n) is 2.79. The molecule has 2 nitrogen and oxygen atoms in total. The van der Waals surface area contributed by atoms with Gasteiger partial charge in [-0.2, -0.15) is 0 Å². The molecule has 0 fully saturated rings. The number of nitrogens with zero attached hydrogens (tertiary/aromatic N) is 1. The number of para-hydroxylation sites is 1. The minimum Gasteiger partial charge on any atom is -0.384 e. The second kappa shape index (κ2) is 4.56. The average molecular weight is 244 g/mol. The molecular formula is C15H17FN2. The highest BCUT2D eigenvalue weighted by Crippen LogP contribution is 2.33. The normalized spacial score (nSPS) is 14.6. The van der Waals surface area contributed by atoms with Gasteiger partial charge in [-0.15, -0.1) is 0 Å². The van der Waals surface area contributed by atoms with Crippen LogP contribution in [0.3, 0.4) is 0 Å². The van der Waals surface area contributed by atoms with E-state index in [1.54, 1.807) is 6.07 Å². The van der Waals surface area contributed by atoms with Gasteiger partial charge in [0.2, 0.25) is 0 Å². The molecule has 0 unspecified atom stereocenters. The van der Waals surface area contributed by atoms with Gasteiger partial charge < -0.3 is 5.32 Å². The third kappa shape index (κ3) is 1.74. The summed E-state index contributed by atoms with van der Waals surface area (Å²) in [4.78, 5) is 4.54. The van der Waals surface area contributed by atoms with Crippen molar-refractivity contribution >= 4 is 16.6 Å². The van der Waals surface area contributed by atoms with Crippen LogP contribution in [0.1, 0.15) is 31.0 Å². The highest BCUT2D eigenvalue weighted by molar-refractivity contribution is 5.93. The fourth-order valence-corrected chi connectivity index (χ4v) is 2.79. The SMILES string of the molecule is CCNc1c2c(nc3c(F)cccc13)CCCC2. The first-order chi connectivity index (χ1) is 8.81. The molecular weight excluding hydrogens is 227 g/mol. The number of halogens is 1. The Kier molecular flexibility index (Phi) is 2.90. The van der Waals surface area contributed by atoms with Crippen LogP contribution in [-0.4, -0.2) is 11.5 Å². The van der Waals surface area contributed by atoms with Crippen LogP contribution in [0, 0.1) is 5.82 Å². The van der Waals surface area contributed by atoms with Crippen molar-refractivity contribution in [2.24, 2.45) is 0 Å². The maximum Gasteiger partial charge on any atom is 0.149 e. The number of benzene rings is 1. The standard InChI is InChI=1S/C15H17FN2/c1-2-17-14-10-6-3-4-9-13(10)18-15-11(14)7-5-8-12(15)16/h5,7-8H,2-4,6,9H2,1H3,(H,17,18). The van der Waals surface area contributed by atoms with E-state index < -0.39 is 0 Å². The van der Waals surface area contributed by atoms with Gasteiger partial charge >= 0.3 is 0 Å². The molecule has 94 valence electrons. The lowest BCUT2D eigenvalue weighted by Gasteiger charge is -2.21. The van der Waals surface area contributed by atoms with Crippen LogP contribution in [0.5, 0.6) is 0 Å². The van der Waals surface area contributed by atoms with E-state index in [4.69, 9.17) is 0 Å². The van der Waals surface area contributed by atoms with Crippen molar-refractivity contribution in [3.63, 3.8) is 0 Å². The van der Waals surface area contributed by atoms with Crippen molar-refractivity contribution in [2.45, 2.75) is 32.6 Å². The number of aryl methyl sites for hydroxylation is 1.